The quantitative estimate of drug-likeness (QED) is 0.520. The van der Waals surface area contributed by atoms with Gasteiger partial charge in [0.15, 0.2) is 22.9 Å². The van der Waals surface area contributed by atoms with E-state index >= 15 is 0 Å². The first-order valence-electron chi connectivity index (χ1n) is 8.55. The summed E-state index contributed by atoms with van der Waals surface area (Å²) in [5.74, 6) is 0.583. The molecule has 0 bridgehead atoms. The molecule has 0 saturated carbocycles. The number of benzene rings is 1. The molecule has 3 aromatic heterocycles. The van der Waals surface area contributed by atoms with Gasteiger partial charge in [-0.05, 0) is 24.1 Å². The summed E-state index contributed by atoms with van der Waals surface area (Å²) >= 11 is 0. The SMILES string of the molecule is CN(CCc1ccccc1)n1c(-c2ccco2)nc2c(C(F)(F)F)ncnc21. The second-order valence-corrected chi connectivity index (χ2v) is 6.23. The fraction of sp³-hybridized carbons (Fsp3) is 0.211. The van der Waals surface area contributed by atoms with Crippen molar-refractivity contribution in [2.75, 3.05) is 18.6 Å². The van der Waals surface area contributed by atoms with Crippen molar-refractivity contribution in [2.24, 2.45) is 0 Å². The van der Waals surface area contributed by atoms with Crippen LogP contribution in [-0.4, -0.2) is 33.2 Å². The van der Waals surface area contributed by atoms with E-state index in [0.717, 1.165) is 11.9 Å². The molecule has 0 spiro atoms. The van der Waals surface area contributed by atoms with Crippen molar-refractivity contribution in [3.8, 4) is 11.6 Å². The maximum Gasteiger partial charge on any atom is 0.435 e. The number of likely N-dealkylation sites (N-methyl/N-ethyl adjacent to an activating group) is 1. The van der Waals surface area contributed by atoms with E-state index < -0.39 is 11.9 Å². The van der Waals surface area contributed by atoms with Crippen LogP contribution in [0.3, 0.4) is 0 Å². The van der Waals surface area contributed by atoms with Crippen LogP contribution in [0.4, 0.5) is 13.2 Å². The number of alkyl halides is 3. The minimum atomic E-state index is -4.64. The monoisotopic (exact) mass is 387 g/mol. The highest BCUT2D eigenvalue weighted by molar-refractivity contribution is 5.79. The molecule has 0 radical (unpaired) electrons. The smallest absolute Gasteiger partial charge is 0.435 e. The van der Waals surface area contributed by atoms with E-state index in [1.165, 1.54) is 10.9 Å². The van der Waals surface area contributed by atoms with Crippen molar-refractivity contribution in [1.82, 2.24) is 19.6 Å². The third-order valence-electron chi connectivity index (χ3n) is 4.34. The van der Waals surface area contributed by atoms with Gasteiger partial charge in [0.2, 0.25) is 0 Å². The molecule has 9 heteroatoms. The summed E-state index contributed by atoms with van der Waals surface area (Å²) in [6.45, 7) is 0.536. The van der Waals surface area contributed by atoms with Crippen LogP contribution in [0.15, 0.2) is 59.5 Å². The lowest BCUT2D eigenvalue weighted by Gasteiger charge is -2.22. The van der Waals surface area contributed by atoms with E-state index in [2.05, 4.69) is 15.0 Å². The Balaban J connectivity index is 1.80. The van der Waals surface area contributed by atoms with Crippen LogP contribution in [0.5, 0.6) is 0 Å². The summed E-state index contributed by atoms with van der Waals surface area (Å²) in [4.78, 5) is 11.7. The number of furan rings is 1. The molecule has 4 aromatic rings. The fourth-order valence-electron chi connectivity index (χ4n) is 3.01. The molecular weight excluding hydrogens is 371 g/mol. The topological polar surface area (TPSA) is 60.0 Å². The maximum atomic E-state index is 13.4. The highest BCUT2D eigenvalue weighted by Crippen LogP contribution is 2.34. The van der Waals surface area contributed by atoms with Crippen molar-refractivity contribution in [3.63, 3.8) is 0 Å². The number of hydrogen-bond donors (Lipinski definition) is 0. The Hall–Kier alpha value is -3.36. The summed E-state index contributed by atoms with van der Waals surface area (Å²) in [5, 5.41) is 1.77. The average Bonchev–Trinajstić information content (AvgIpc) is 3.33. The molecule has 0 aliphatic heterocycles. The number of rotatable bonds is 5. The number of nitrogens with zero attached hydrogens (tertiary/aromatic N) is 5. The van der Waals surface area contributed by atoms with Gasteiger partial charge in [-0.3, -0.25) is 0 Å². The van der Waals surface area contributed by atoms with Crippen LogP contribution in [0, 0.1) is 0 Å². The van der Waals surface area contributed by atoms with Crippen molar-refractivity contribution in [3.05, 3.63) is 66.3 Å². The summed E-state index contributed by atoms with van der Waals surface area (Å²) < 4.78 is 47.1. The Labute approximate surface area is 158 Å². The van der Waals surface area contributed by atoms with E-state index in [1.54, 1.807) is 24.2 Å². The Bertz CT molecular complexity index is 1070. The first-order chi connectivity index (χ1) is 13.4. The average molecular weight is 387 g/mol. The van der Waals surface area contributed by atoms with E-state index in [0.29, 0.717) is 18.7 Å². The Morgan fingerprint density at radius 3 is 2.54 bits per heavy atom. The lowest BCUT2D eigenvalue weighted by Crippen LogP contribution is -2.33. The second kappa shape index (κ2) is 6.99. The minimum Gasteiger partial charge on any atom is -0.461 e. The largest absolute Gasteiger partial charge is 0.461 e. The molecule has 3 heterocycles. The normalized spacial score (nSPS) is 11.9. The number of hydrogen-bond acceptors (Lipinski definition) is 5. The zero-order valence-corrected chi connectivity index (χ0v) is 14.9. The lowest BCUT2D eigenvalue weighted by molar-refractivity contribution is -0.140. The van der Waals surface area contributed by atoms with E-state index in [-0.39, 0.29) is 17.0 Å². The highest BCUT2D eigenvalue weighted by atomic mass is 19.4. The second-order valence-electron chi connectivity index (χ2n) is 6.23. The number of halogens is 3. The first kappa shape index (κ1) is 18.0. The number of imidazole rings is 1. The maximum absolute atomic E-state index is 13.4. The van der Waals surface area contributed by atoms with Gasteiger partial charge >= 0.3 is 6.18 Å². The molecule has 28 heavy (non-hydrogen) atoms. The Kier molecular flexibility index (Phi) is 4.50. The van der Waals surface area contributed by atoms with Gasteiger partial charge in [0.05, 0.1) is 6.26 Å². The van der Waals surface area contributed by atoms with Crippen LogP contribution >= 0.6 is 0 Å². The van der Waals surface area contributed by atoms with Gasteiger partial charge < -0.3 is 9.43 Å². The molecular formula is C19H16F3N5O. The third-order valence-corrected chi connectivity index (χ3v) is 4.34. The minimum absolute atomic E-state index is 0.0734. The van der Waals surface area contributed by atoms with E-state index in [9.17, 15) is 13.2 Å². The molecule has 0 aliphatic carbocycles. The standard InChI is InChI=1S/C19H16F3N5O/c1-26(10-9-13-6-3-2-4-7-13)27-17(14-8-5-11-28-14)25-15-16(19(20,21)22)23-12-24-18(15)27/h2-8,11-12H,9-10H2,1H3. The zero-order valence-electron chi connectivity index (χ0n) is 14.9. The summed E-state index contributed by atoms with van der Waals surface area (Å²) in [5.41, 5.74) is -0.193. The summed E-state index contributed by atoms with van der Waals surface area (Å²) in [7, 11) is 1.77. The predicted octanol–water partition coefficient (Wildman–Crippen LogP) is 3.92. The fourth-order valence-corrected chi connectivity index (χ4v) is 3.01. The van der Waals surface area contributed by atoms with Gasteiger partial charge in [-0.2, -0.15) is 13.2 Å². The van der Waals surface area contributed by atoms with Crippen LogP contribution < -0.4 is 5.01 Å². The van der Waals surface area contributed by atoms with Gasteiger partial charge in [-0.1, -0.05) is 30.3 Å². The summed E-state index contributed by atoms with van der Waals surface area (Å²) in [6, 6.07) is 13.1. The van der Waals surface area contributed by atoms with Crippen LogP contribution in [0.2, 0.25) is 0 Å². The molecule has 0 N–H and O–H groups in total. The molecule has 1 aromatic carbocycles. The highest BCUT2D eigenvalue weighted by Gasteiger charge is 2.37. The van der Waals surface area contributed by atoms with Gasteiger partial charge in [0.25, 0.3) is 0 Å². The van der Waals surface area contributed by atoms with Gasteiger partial charge in [0.1, 0.15) is 11.8 Å². The molecule has 0 atom stereocenters. The van der Waals surface area contributed by atoms with E-state index in [4.69, 9.17) is 4.42 Å². The molecule has 144 valence electrons. The van der Waals surface area contributed by atoms with Crippen molar-refractivity contribution in [2.45, 2.75) is 12.6 Å². The van der Waals surface area contributed by atoms with Crippen LogP contribution in [0.25, 0.3) is 22.7 Å². The molecule has 0 amide bonds. The van der Waals surface area contributed by atoms with Gasteiger partial charge in [-0.15, -0.1) is 0 Å². The molecule has 0 fully saturated rings. The zero-order chi connectivity index (χ0) is 19.7. The van der Waals surface area contributed by atoms with Crippen molar-refractivity contribution in [1.29, 1.82) is 0 Å². The van der Waals surface area contributed by atoms with Crippen LogP contribution in [-0.2, 0) is 12.6 Å². The van der Waals surface area contributed by atoms with Crippen molar-refractivity contribution >= 4 is 11.2 Å². The predicted molar refractivity (Wildman–Crippen MR) is 97.2 cm³/mol. The molecule has 6 nitrogen and oxygen atoms in total. The Morgan fingerprint density at radius 1 is 1.07 bits per heavy atom. The lowest BCUT2D eigenvalue weighted by atomic mass is 10.1. The third kappa shape index (κ3) is 3.30. The van der Waals surface area contributed by atoms with Crippen LogP contribution in [0.1, 0.15) is 11.3 Å². The number of fused-ring (bicyclic) bond motifs is 1. The molecule has 0 aliphatic rings. The Morgan fingerprint density at radius 2 is 1.86 bits per heavy atom. The first-order valence-corrected chi connectivity index (χ1v) is 8.55. The molecule has 0 unspecified atom stereocenters. The van der Waals surface area contributed by atoms with Crippen molar-refractivity contribution < 1.29 is 17.6 Å². The van der Waals surface area contributed by atoms with E-state index in [1.807, 2.05) is 30.3 Å². The van der Waals surface area contributed by atoms with Gasteiger partial charge in [0, 0.05) is 13.6 Å². The molecule has 4 rings (SSSR count). The number of aromatic nitrogens is 4. The van der Waals surface area contributed by atoms with Gasteiger partial charge in [-0.25, -0.2) is 19.6 Å². The molecule has 0 saturated heterocycles. The summed E-state index contributed by atoms with van der Waals surface area (Å²) in [6.07, 6.45) is -1.59.